The van der Waals surface area contributed by atoms with Gasteiger partial charge in [0.25, 0.3) is 0 Å². The fraction of sp³-hybridized carbons (Fsp3) is 0.308. The molecule has 0 amide bonds. The minimum atomic E-state index is -2.51. The van der Waals surface area contributed by atoms with Crippen molar-refractivity contribution in [3.63, 3.8) is 0 Å². The van der Waals surface area contributed by atoms with E-state index in [9.17, 15) is 0 Å². The fourth-order valence-electron chi connectivity index (χ4n) is 4.29. The van der Waals surface area contributed by atoms with Gasteiger partial charge in [0.1, 0.15) is 0 Å². The molecule has 0 fully saturated rings. The first-order chi connectivity index (χ1) is 14.2. The van der Waals surface area contributed by atoms with Crippen LogP contribution in [0.4, 0.5) is 0 Å². The van der Waals surface area contributed by atoms with Crippen molar-refractivity contribution in [1.82, 2.24) is 3.88 Å². The van der Waals surface area contributed by atoms with Crippen LogP contribution in [0, 0.1) is 0 Å². The molecule has 0 bridgehead atoms. The van der Waals surface area contributed by atoms with Crippen LogP contribution in [0.15, 0.2) is 91.0 Å². The molecule has 0 heterocycles. The first-order valence-corrected chi connectivity index (χ1v) is 13.5. The first kappa shape index (κ1) is 25.4. The monoisotopic (exact) mass is 425 g/mol. The van der Waals surface area contributed by atoms with E-state index in [-0.39, 0.29) is 35.7 Å². The molecule has 152 valence electrons. The second-order valence-corrected chi connectivity index (χ2v) is 12.8. The first-order valence-electron chi connectivity index (χ1n) is 10.9. The molecule has 0 aliphatic carbocycles. The van der Waals surface area contributed by atoms with Gasteiger partial charge in [-0.3, -0.25) is 0 Å². The van der Waals surface area contributed by atoms with Gasteiger partial charge >= 0.3 is 43.2 Å². The maximum Gasteiger partial charge on any atom is 1.00 e. The Labute approximate surface area is 207 Å². The SMILES string of the molecule is C[CH2][Al-]([CH2]C)([O]C(C)c1ccccc1)[N](Cc1ccccc1)Cc1ccccc1.[Na+]. The quantitative estimate of drug-likeness (QED) is 0.456. The molecule has 0 N–H and O–H groups in total. The standard InChI is InChI=1S/C14H14N.C8H9O.2C2H5.Al.Na/c1-3-7-13(8-4-1)11-15-12-14-9-5-2-6-10-14;1-7(9)8-5-3-2-4-6-8;2*1-2;;/h1-10H,11-12H2;2-7H,1H3;2*1H2,2H3;;/q2*-1;;;2*+1. The summed E-state index contributed by atoms with van der Waals surface area (Å²) in [5.74, 6) is 0. The zero-order valence-corrected chi connectivity index (χ0v) is 22.2. The summed E-state index contributed by atoms with van der Waals surface area (Å²) in [6.45, 7) is 8.70. The topological polar surface area (TPSA) is 12.5 Å². The Morgan fingerprint density at radius 3 is 1.50 bits per heavy atom. The van der Waals surface area contributed by atoms with E-state index >= 15 is 0 Å². The molecule has 30 heavy (non-hydrogen) atoms. The molecule has 2 nitrogen and oxygen atoms in total. The Balaban J connectivity index is 0.00000320. The Bertz CT molecular complexity index is 799. The van der Waals surface area contributed by atoms with E-state index < -0.39 is 13.6 Å². The van der Waals surface area contributed by atoms with Crippen LogP contribution >= 0.6 is 0 Å². The van der Waals surface area contributed by atoms with Crippen LogP contribution in [-0.4, -0.2) is 17.5 Å². The van der Waals surface area contributed by atoms with Gasteiger partial charge in [-0.25, -0.2) is 0 Å². The number of hydrogen-bond acceptors (Lipinski definition) is 2. The maximum atomic E-state index is 7.02. The van der Waals surface area contributed by atoms with Gasteiger partial charge in [-0.1, -0.05) is 105 Å². The van der Waals surface area contributed by atoms with Crippen molar-refractivity contribution in [1.29, 1.82) is 0 Å². The summed E-state index contributed by atoms with van der Waals surface area (Å²) in [7, 11) is 0. The molecule has 1 unspecified atom stereocenters. The van der Waals surface area contributed by atoms with Crippen LogP contribution in [0.2, 0.25) is 10.6 Å². The van der Waals surface area contributed by atoms with Gasteiger partial charge in [-0.15, -0.1) is 0 Å². The Morgan fingerprint density at radius 2 is 1.10 bits per heavy atom. The minimum absolute atomic E-state index is 0. The van der Waals surface area contributed by atoms with E-state index in [1.54, 1.807) is 0 Å². The summed E-state index contributed by atoms with van der Waals surface area (Å²) >= 11 is -2.51. The second-order valence-electron chi connectivity index (χ2n) is 7.97. The molecular weight excluding hydrogens is 392 g/mol. The maximum absolute atomic E-state index is 7.02. The molecule has 0 spiro atoms. The van der Waals surface area contributed by atoms with Gasteiger partial charge in [0.2, 0.25) is 0 Å². The molecule has 0 saturated heterocycles. The summed E-state index contributed by atoms with van der Waals surface area (Å²) in [6.07, 6.45) is 0.107. The van der Waals surface area contributed by atoms with Crippen LogP contribution < -0.4 is 29.6 Å². The van der Waals surface area contributed by atoms with Crippen molar-refractivity contribution in [2.45, 2.75) is 50.5 Å². The van der Waals surface area contributed by atoms with Gasteiger partial charge < -0.3 is 7.67 Å². The average Bonchev–Trinajstić information content (AvgIpc) is 2.79. The molecule has 0 saturated carbocycles. The molecule has 1 atom stereocenters. The molecule has 0 radical (unpaired) electrons. The summed E-state index contributed by atoms with van der Waals surface area (Å²) in [6, 6.07) is 32.3. The zero-order valence-electron chi connectivity index (χ0n) is 19.0. The number of rotatable bonds is 10. The second kappa shape index (κ2) is 12.8. The van der Waals surface area contributed by atoms with Gasteiger partial charge in [0, 0.05) is 6.10 Å². The normalized spacial score (nSPS) is 12.4. The molecule has 0 aromatic heterocycles. The smallest absolute Gasteiger partial charge is 0.640 e. The largest absolute Gasteiger partial charge is 1.00 e. The average molecular weight is 426 g/mol. The molecule has 0 aliphatic rings. The van der Waals surface area contributed by atoms with Crippen molar-refractivity contribution in [3.8, 4) is 0 Å². The summed E-state index contributed by atoms with van der Waals surface area (Å²) in [5.41, 5.74) is 3.97. The summed E-state index contributed by atoms with van der Waals surface area (Å²) < 4.78 is 9.70. The van der Waals surface area contributed by atoms with Crippen molar-refractivity contribution < 1.29 is 33.3 Å². The van der Waals surface area contributed by atoms with Crippen LogP contribution in [0.25, 0.3) is 0 Å². The van der Waals surface area contributed by atoms with Crippen LogP contribution in [0.1, 0.15) is 43.6 Å². The third-order valence-electron chi connectivity index (χ3n) is 6.12. The van der Waals surface area contributed by atoms with E-state index in [1.807, 2.05) is 0 Å². The predicted octanol–water partition coefficient (Wildman–Crippen LogP) is 3.95. The zero-order chi connectivity index (χ0) is 20.5. The van der Waals surface area contributed by atoms with Crippen LogP contribution in [-0.2, 0) is 16.9 Å². The van der Waals surface area contributed by atoms with E-state index in [0.29, 0.717) is 0 Å². The van der Waals surface area contributed by atoms with Crippen molar-refractivity contribution in [2.24, 2.45) is 0 Å². The molecule has 0 aliphatic heterocycles. The van der Waals surface area contributed by atoms with E-state index in [2.05, 4.69) is 116 Å². The number of nitrogens with zero attached hydrogens (tertiary/aromatic N) is 1. The van der Waals surface area contributed by atoms with Crippen molar-refractivity contribution in [2.75, 3.05) is 0 Å². The Kier molecular flexibility index (Phi) is 10.9. The third kappa shape index (κ3) is 6.81. The van der Waals surface area contributed by atoms with Gasteiger partial charge in [0.15, 0.2) is 0 Å². The van der Waals surface area contributed by atoms with Crippen LogP contribution in [0.3, 0.4) is 0 Å². The van der Waals surface area contributed by atoms with Gasteiger partial charge in [0.05, 0.1) is 0 Å². The molecule has 3 aromatic carbocycles. The minimum Gasteiger partial charge on any atom is -0.640 e. The van der Waals surface area contributed by atoms with Crippen molar-refractivity contribution >= 4 is 13.6 Å². The fourth-order valence-corrected chi connectivity index (χ4v) is 8.46. The van der Waals surface area contributed by atoms with Crippen LogP contribution in [0.5, 0.6) is 0 Å². The van der Waals surface area contributed by atoms with Gasteiger partial charge in [-0.2, -0.15) is 10.6 Å². The Morgan fingerprint density at radius 1 is 0.700 bits per heavy atom. The summed E-state index contributed by atoms with van der Waals surface area (Å²) in [5, 5.41) is 2.20. The number of hydrogen-bond donors (Lipinski definition) is 0. The Hall–Kier alpha value is -0.888. The predicted molar refractivity (Wildman–Crippen MR) is 125 cm³/mol. The molecule has 4 heteroatoms. The van der Waals surface area contributed by atoms with E-state index in [4.69, 9.17) is 3.79 Å². The van der Waals surface area contributed by atoms with E-state index in [0.717, 1.165) is 23.7 Å². The summed E-state index contributed by atoms with van der Waals surface area (Å²) in [4.78, 5) is 0. The molecule has 3 rings (SSSR count). The van der Waals surface area contributed by atoms with E-state index in [1.165, 1.54) is 16.7 Å². The molecular formula is C26H33AlNNaO. The van der Waals surface area contributed by atoms with Gasteiger partial charge in [-0.05, 0) is 36.7 Å². The third-order valence-corrected chi connectivity index (χ3v) is 11.3. The van der Waals surface area contributed by atoms with Crippen molar-refractivity contribution in [3.05, 3.63) is 108 Å². The molecule has 3 aromatic rings. The number of benzene rings is 3.